The average molecular weight is 442 g/mol. The molecule has 2 aromatic carbocycles. The summed E-state index contributed by atoms with van der Waals surface area (Å²) in [5.41, 5.74) is 2.32. The molecule has 1 aromatic heterocycles. The van der Waals surface area contributed by atoms with Crippen LogP contribution in [0.2, 0.25) is 0 Å². The van der Waals surface area contributed by atoms with E-state index in [9.17, 15) is 4.79 Å². The number of carbonyl (C=O) groups excluding carboxylic acids is 1. The van der Waals surface area contributed by atoms with E-state index in [1.54, 1.807) is 43.3 Å². The Kier molecular flexibility index (Phi) is 6.26. The Morgan fingerprint density at radius 2 is 1.54 bits per heavy atom. The monoisotopic (exact) mass is 441 g/mol. The normalized spacial score (nSPS) is 11.6. The van der Waals surface area contributed by atoms with Crippen molar-refractivity contribution in [1.29, 1.82) is 0 Å². The van der Waals surface area contributed by atoms with Gasteiger partial charge in [0.05, 0.1) is 0 Å². The molecule has 6 nitrogen and oxygen atoms in total. The lowest BCUT2D eigenvalue weighted by Gasteiger charge is -2.15. The maximum absolute atomic E-state index is 12.3. The first-order valence-electron chi connectivity index (χ1n) is 8.72. The maximum Gasteiger partial charge on any atom is 0.322 e. The van der Waals surface area contributed by atoms with Crippen LogP contribution in [0.15, 0.2) is 59.1 Å². The van der Waals surface area contributed by atoms with Gasteiger partial charge < -0.3 is 14.8 Å². The fraction of sp³-hybridized carbons (Fsp3) is 0.190. The Morgan fingerprint density at radius 3 is 2.14 bits per heavy atom. The van der Waals surface area contributed by atoms with Crippen LogP contribution in [0.4, 0.5) is 5.69 Å². The average Bonchev–Trinajstić information content (AvgIpc) is 2.64. The van der Waals surface area contributed by atoms with Gasteiger partial charge in [-0.3, -0.25) is 4.79 Å². The van der Waals surface area contributed by atoms with Gasteiger partial charge in [-0.1, -0.05) is 15.9 Å². The van der Waals surface area contributed by atoms with Gasteiger partial charge in [-0.05, 0) is 75.4 Å². The van der Waals surface area contributed by atoms with Crippen molar-refractivity contribution in [1.82, 2.24) is 9.97 Å². The SMILES string of the molecule is Cc1cc(C)nc(Oc2ccc(NC(=O)C(C)Oc3ccc(Br)cc3)cc2)n1. The third-order valence-electron chi connectivity index (χ3n) is 3.79. The summed E-state index contributed by atoms with van der Waals surface area (Å²) in [6, 6.07) is 16.5. The highest BCUT2D eigenvalue weighted by Gasteiger charge is 2.15. The predicted octanol–water partition coefficient (Wildman–Crippen LogP) is 5.05. The first-order valence-corrected chi connectivity index (χ1v) is 9.51. The minimum absolute atomic E-state index is 0.241. The number of ether oxygens (including phenoxy) is 2. The number of aromatic nitrogens is 2. The molecule has 3 aromatic rings. The van der Waals surface area contributed by atoms with E-state index in [0.717, 1.165) is 15.9 Å². The predicted molar refractivity (Wildman–Crippen MR) is 111 cm³/mol. The number of hydrogen-bond donors (Lipinski definition) is 1. The van der Waals surface area contributed by atoms with Crippen molar-refractivity contribution >= 4 is 27.5 Å². The van der Waals surface area contributed by atoms with Crippen molar-refractivity contribution in [3.8, 4) is 17.5 Å². The van der Waals surface area contributed by atoms with E-state index < -0.39 is 6.10 Å². The van der Waals surface area contributed by atoms with Crippen LogP contribution in [0, 0.1) is 13.8 Å². The van der Waals surface area contributed by atoms with Crippen LogP contribution in [-0.2, 0) is 4.79 Å². The largest absolute Gasteiger partial charge is 0.481 e. The van der Waals surface area contributed by atoms with Crippen molar-refractivity contribution in [3.05, 3.63) is 70.5 Å². The third kappa shape index (κ3) is 5.53. The van der Waals surface area contributed by atoms with Gasteiger partial charge in [0, 0.05) is 21.5 Å². The molecule has 0 spiro atoms. The number of hydrogen-bond acceptors (Lipinski definition) is 5. The lowest BCUT2D eigenvalue weighted by Crippen LogP contribution is -2.30. The summed E-state index contributed by atoms with van der Waals surface area (Å²) in [5, 5.41) is 2.82. The number of benzene rings is 2. The Hall–Kier alpha value is -2.93. The van der Waals surface area contributed by atoms with E-state index in [-0.39, 0.29) is 5.91 Å². The van der Waals surface area contributed by atoms with Crippen LogP contribution in [0.25, 0.3) is 0 Å². The van der Waals surface area contributed by atoms with Crippen molar-refractivity contribution in [3.63, 3.8) is 0 Å². The molecular weight excluding hydrogens is 422 g/mol. The number of amides is 1. The number of rotatable bonds is 6. The minimum Gasteiger partial charge on any atom is -0.481 e. The molecule has 0 aliphatic rings. The van der Waals surface area contributed by atoms with Crippen LogP contribution >= 0.6 is 15.9 Å². The highest BCUT2D eigenvalue weighted by Crippen LogP contribution is 2.22. The summed E-state index contributed by atoms with van der Waals surface area (Å²) in [4.78, 5) is 20.8. The molecule has 1 unspecified atom stereocenters. The van der Waals surface area contributed by atoms with Crippen molar-refractivity contribution in [2.75, 3.05) is 5.32 Å². The second kappa shape index (κ2) is 8.84. The lowest BCUT2D eigenvalue weighted by atomic mass is 10.2. The molecule has 0 fully saturated rings. The summed E-state index contributed by atoms with van der Waals surface area (Å²) in [6.07, 6.45) is -0.638. The van der Waals surface area contributed by atoms with Gasteiger partial charge >= 0.3 is 6.01 Å². The quantitative estimate of drug-likeness (QED) is 0.578. The number of anilines is 1. The van der Waals surface area contributed by atoms with Gasteiger partial charge in [-0.2, -0.15) is 0 Å². The van der Waals surface area contributed by atoms with Gasteiger partial charge in [0.1, 0.15) is 11.5 Å². The van der Waals surface area contributed by atoms with Crippen LogP contribution < -0.4 is 14.8 Å². The molecule has 0 saturated carbocycles. The zero-order valence-corrected chi connectivity index (χ0v) is 17.4. The van der Waals surface area contributed by atoms with Crippen LogP contribution in [0.5, 0.6) is 17.5 Å². The zero-order valence-electron chi connectivity index (χ0n) is 15.8. The molecule has 7 heteroatoms. The first kappa shape index (κ1) is 19.8. The van der Waals surface area contributed by atoms with Gasteiger partial charge in [0.15, 0.2) is 6.10 Å². The molecule has 1 heterocycles. The molecule has 1 amide bonds. The molecule has 0 saturated heterocycles. The molecule has 0 radical (unpaired) electrons. The second-order valence-electron chi connectivity index (χ2n) is 6.26. The topological polar surface area (TPSA) is 73.3 Å². The van der Waals surface area contributed by atoms with E-state index >= 15 is 0 Å². The van der Waals surface area contributed by atoms with Crippen LogP contribution in [0.3, 0.4) is 0 Å². The fourth-order valence-electron chi connectivity index (χ4n) is 2.47. The fourth-order valence-corrected chi connectivity index (χ4v) is 2.73. The summed E-state index contributed by atoms with van der Waals surface area (Å²) in [6.45, 7) is 5.47. The minimum atomic E-state index is -0.638. The molecule has 1 atom stereocenters. The highest BCUT2D eigenvalue weighted by atomic mass is 79.9. The third-order valence-corrected chi connectivity index (χ3v) is 4.32. The van der Waals surface area contributed by atoms with Crippen molar-refractivity contribution in [2.45, 2.75) is 26.9 Å². The number of halogens is 1. The molecule has 0 aliphatic carbocycles. The summed E-state index contributed by atoms with van der Waals surface area (Å²) in [5.74, 6) is 0.972. The summed E-state index contributed by atoms with van der Waals surface area (Å²) >= 11 is 3.37. The number of nitrogens with one attached hydrogen (secondary N) is 1. The Labute approximate surface area is 172 Å². The van der Waals surface area contributed by atoms with Gasteiger partial charge in [0.25, 0.3) is 5.91 Å². The van der Waals surface area contributed by atoms with Gasteiger partial charge in [-0.15, -0.1) is 0 Å². The smallest absolute Gasteiger partial charge is 0.322 e. The molecule has 0 aliphatic heterocycles. The summed E-state index contributed by atoms with van der Waals surface area (Å²) in [7, 11) is 0. The second-order valence-corrected chi connectivity index (χ2v) is 7.18. The molecule has 1 N–H and O–H groups in total. The Morgan fingerprint density at radius 1 is 0.964 bits per heavy atom. The zero-order chi connectivity index (χ0) is 20.1. The van der Waals surface area contributed by atoms with Crippen molar-refractivity contribution < 1.29 is 14.3 Å². The lowest BCUT2D eigenvalue weighted by molar-refractivity contribution is -0.122. The Balaban J connectivity index is 1.58. The molecule has 0 bridgehead atoms. The standard InChI is InChI=1S/C21H20BrN3O3/c1-13-12-14(2)24-21(23-13)28-19-10-6-17(7-11-19)25-20(26)15(3)27-18-8-4-16(22)5-9-18/h4-12,15H,1-3H3,(H,25,26). The molecule has 28 heavy (non-hydrogen) atoms. The number of aryl methyl sites for hydroxylation is 2. The summed E-state index contributed by atoms with van der Waals surface area (Å²) < 4.78 is 12.3. The van der Waals surface area contributed by atoms with Crippen molar-refractivity contribution in [2.24, 2.45) is 0 Å². The first-order chi connectivity index (χ1) is 13.4. The van der Waals surface area contributed by atoms with Gasteiger partial charge in [0.2, 0.25) is 0 Å². The molecule has 144 valence electrons. The number of carbonyl (C=O) groups is 1. The molecule has 3 rings (SSSR count). The highest BCUT2D eigenvalue weighted by molar-refractivity contribution is 9.10. The van der Waals surface area contributed by atoms with Crippen LogP contribution in [-0.4, -0.2) is 22.0 Å². The molecular formula is C21H20BrN3O3. The van der Waals surface area contributed by atoms with E-state index in [2.05, 4.69) is 31.2 Å². The maximum atomic E-state index is 12.3. The Bertz CT molecular complexity index is 939. The van der Waals surface area contributed by atoms with E-state index in [0.29, 0.717) is 23.2 Å². The number of nitrogens with zero attached hydrogens (tertiary/aromatic N) is 2. The van der Waals surface area contributed by atoms with Crippen LogP contribution in [0.1, 0.15) is 18.3 Å². The van der Waals surface area contributed by atoms with Gasteiger partial charge in [-0.25, -0.2) is 9.97 Å². The van der Waals surface area contributed by atoms with E-state index in [1.165, 1.54) is 0 Å². The van der Waals surface area contributed by atoms with E-state index in [1.807, 2.05) is 32.0 Å². The van der Waals surface area contributed by atoms with E-state index in [4.69, 9.17) is 9.47 Å².